The molecule has 0 spiro atoms. The molecule has 0 fully saturated rings. The minimum absolute atomic E-state index is 0.0596. The lowest BCUT2D eigenvalue weighted by atomic mass is 10.1. The van der Waals surface area contributed by atoms with Crippen LogP contribution in [0.25, 0.3) is 27.4 Å². The second-order valence-electron chi connectivity index (χ2n) is 6.68. The Morgan fingerprint density at radius 3 is 2.43 bits per heavy atom. The topological polar surface area (TPSA) is 48.0 Å². The summed E-state index contributed by atoms with van der Waals surface area (Å²) in [5, 5.41) is 0.0596. The van der Waals surface area contributed by atoms with Gasteiger partial charge < -0.3 is 9.41 Å². The molecule has 0 bridgehead atoms. The molecule has 2 heterocycles. The van der Waals surface area contributed by atoms with Gasteiger partial charge in [-0.1, -0.05) is 35.9 Å². The quantitative estimate of drug-likeness (QED) is 0.294. The minimum Gasteiger partial charge on any atom is -0.394 e. The standard InChI is InChI=1S/C21H13ClF3N5/c1-12-4-3-5-14(10-12)19-28-18-16(17(22)27-20(26-2)29-18)30(19)11-13-6-8-15(9-7-13)21(23,24)25/h3-10H,11H2,1H3. The van der Waals surface area contributed by atoms with Crippen LogP contribution in [-0.4, -0.2) is 19.5 Å². The summed E-state index contributed by atoms with van der Waals surface area (Å²) < 4.78 is 40.4. The van der Waals surface area contributed by atoms with Gasteiger partial charge in [-0.2, -0.15) is 18.2 Å². The van der Waals surface area contributed by atoms with Gasteiger partial charge in [-0.05, 0) is 42.3 Å². The second-order valence-corrected chi connectivity index (χ2v) is 7.04. The lowest BCUT2D eigenvalue weighted by molar-refractivity contribution is -0.137. The van der Waals surface area contributed by atoms with E-state index in [0.717, 1.165) is 23.3 Å². The van der Waals surface area contributed by atoms with Crippen molar-refractivity contribution in [2.75, 3.05) is 0 Å². The lowest BCUT2D eigenvalue weighted by Crippen LogP contribution is -2.06. The van der Waals surface area contributed by atoms with E-state index in [1.165, 1.54) is 12.1 Å². The van der Waals surface area contributed by atoms with Crippen LogP contribution >= 0.6 is 11.6 Å². The third kappa shape index (κ3) is 3.72. The van der Waals surface area contributed by atoms with E-state index in [2.05, 4.69) is 19.8 Å². The maximum absolute atomic E-state index is 12.9. The highest BCUT2D eigenvalue weighted by Crippen LogP contribution is 2.32. The number of rotatable bonds is 3. The first-order chi connectivity index (χ1) is 14.3. The molecule has 2 aromatic carbocycles. The largest absolute Gasteiger partial charge is 0.416 e. The van der Waals surface area contributed by atoms with Crippen molar-refractivity contribution >= 4 is 28.7 Å². The predicted octanol–water partition coefficient (Wildman–Crippen LogP) is 6.07. The zero-order chi connectivity index (χ0) is 21.5. The smallest absolute Gasteiger partial charge is 0.394 e. The normalized spacial score (nSPS) is 11.6. The van der Waals surface area contributed by atoms with E-state index < -0.39 is 11.7 Å². The number of aromatic nitrogens is 4. The number of fused-ring (bicyclic) bond motifs is 1. The molecule has 0 unspecified atom stereocenters. The molecular weight excluding hydrogens is 415 g/mol. The molecule has 0 N–H and O–H groups in total. The number of aryl methyl sites for hydroxylation is 1. The monoisotopic (exact) mass is 427 g/mol. The van der Waals surface area contributed by atoms with Crippen LogP contribution < -0.4 is 0 Å². The molecule has 0 aliphatic heterocycles. The predicted molar refractivity (Wildman–Crippen MR) is 107 cm³/mol. The molecule has 0 radical (unpaired) electrons. The van der Waals surface area contributed by atoms with Crippen LogP contribution in [0.1, 0.15) is 16.7 Å². The summed E-state index contributed by atoms with van der Waals surface area (Å²) in [6.07, 6.45) is -4.40. The van der Waals surface area contributed by atoms with Crippen LogP contribution in [0.2, 0.25) is 5.15 Å². The van der Waals surface area contributed by atoms with Crippen molar-refractivity contribution in [2.45, 2.75) is 19.6 Å². The van der Waals surface area contributed by atoms with E-state index >= 15 is 0 Å². The van der Waals surface area contributed by atoms with E-state index in [1.54, 1.807) is 4.57 Å². The lowest BCUT2D eigenvalue weighted by Gasteiger charge is -2.11. The van der Waals surface area contributed by atoms with Gasteiger partial charge in [0.05, 0.1) is 5.56 Å². The molecule has 0 atom stereocenters. The van der Waals surface area contributed by atoms with Gasteiger partial charge in [0.1, 0.15) is 5.82 Å². The molecular formula is C21H13ClF3N5. The Balaban J connectivity index is 1.88. The molecule has 4 aromatic rings. The van der Waals surface area contributed by atoms with Gasteiger partial charge in [-0.3, -0.25) is 0 Å². The third-order valence-electron chi connectivity index (χ3n) is 4.55. The summed E-state index contributed by atoms with van der Waals surface area (Å²) in [6.45, 7) is 9.28. The minimum atomic E-state index is -4.40. The average Bonchev–Trinajstić information content (AvgIpc) is 3.06. The first-order valence-electron chi connectivity index (χ1n) is 8.80. The van der Waals surface area contributed by atoms with E-state index in [0.29, 0.717) is 16.9 Å². The highest BCUT2D eigenvalue weighted by atomic mass is 35.5. The summed E-state index contributed by atoms with van der Waals surface area (Å²) in [4.78, 5) is 15.9. The molecule has 4 rings (SSSR count). The molecule has 0 amide bonds. The van der Waals surface area contributed by atoms with Crippen molar-refractivity contribution in [3.8, 4) is 11.4 Å². The van der Waals surface area contributed by atoms with Crippen LogP contribution in [0, 0.1) is 13.5 Å². The van der Waals surface area contributed by atoms with Crippen molar-refractivity contribution in [1.82, 2.24) is 19.5 Å². The number of hydrogen-bond donors (Lipinski definition) is 0. The van der Waals surface area contributed by atoms with Gasteiger partial charge in [0.15, 0.2) is 5.52 Å². The Bertz CT molecular complexity index is 1290. The van der Waals surface area contributed by atoms with E-state index in [-0.39, 0.29) is 23.3 Å². The average molecular weight is 428 g/mol. The first-order valence-corrected chi connectivity index (χ1v) is 9.18. The fourth-order valence-corrected chi connectivity index (χ4v) is 3.43. The molecule has 30 heavy (non-hydrogen) atoms. The Kier molecular flexibility index (Phi) is 4.92. The van der Waals surface area contributed by atoms with Gasteiger partial charge >= 0.3 is 12.1 Å². The molecule has 0 aliphatic rings. The molecule has 9 heteroatoms. The SMILES string of the molecule is [C-]#[N+]c1nc(Cl)c2c(n1)nc(-c1cccc(C)c1)n2Cc1ccc(C(F)(F)F)cc1. The van der Waals surface area contributed by atoms with E-state index in [4.69, 9.17) is 18.2 Å². The van der Waals surface area contributed by atoms with Gasteiger partial charge in [0.2, 0.25) is 10.8 Å². The van der Waals surface area contributed by atoms with E-state index in [1.807, 2.05) is 31.2 Å². The van der Waals surface area contributed by atoms with Crippen LogP contribution in [-0.2, 0) is 12.7 Å². The number of hydrogen-bond acceptors (Lipinski definition) is 3. The molecule has 0 aliphatic carbocycles. The summed E-state index contributed by atoms with van der Waals surface area (Å²) >= 11 is 6.33. The first kappa shape index (κ1) is 19.9. The van der Waals surface area contributed by atoms with Gasteiger partial charge in [0.25, 0.3) is 0 Å². The van der Waals surface area contributed by atoms with Crippen LogP contribution in [0.3, 0.4) is 0 Å². The van der Waals surface area contributed by atoms with E-state index in [9.17, 15) is 13.2 Å². The van der Waals surface area contributed by atoms with Crippen molar-refractivity contribution in [3.63, 3.8) is 0 Å². The summed E-state index contributed by atoms with van der Waals surface area (Å²) in [7, 11) is 0. The van der Waals surface area contributed by atoms with Crippen LogP contribution in [0.4, 0.5) is 19.1 Å². The summed E-state index contributed by atoms with van der Waals surface area (Å²) in [5.74, 6) is 0.411. The van der Waals surface area contributed by atoms with Crippen molar-refractivity contribution < 1.29 is 13.2 Å². The number of benzene rings is 2. The maximum atomic E-state index is 12.9. The summed E-state index contributed by atoms with van der Waals surface area (Å²) in [5.41, 5.74) is 2.38. The Hall–Kier alpha value is -3.44. The van der Waals surface area contributed by atoms with Crippen LogP contribution in [0.5, 0.6) is 0 Å². The molecule has 150 valence electrons. The summed E-state index contributed by atoms with van der Waals surface area (Å²) in [6, 6.07) is 12.5. The second kappa shape index (κ2) is 7.43. The third-order valence-corrected chi connectivity index (χ3v) is 4.81. The molecule has 0 saturated carbocycles. The van der Waals surface area contributed by atoms with Gasteiger partial charge in [-0.25, -0.2) is 0 Å². The fraction of sp³-hybridized carbons (Fsp3) is 0.143. The number of nitrogens with zero attached hydrogens (tertiary/aromatic N) is 5. The maximum Gasteiger partial charge on any atom is 0.416 e. The molecule has 0 saturated heterocycles. The Labute approximate surface area is 174 Å². The molecule has 2 aromatic heterocycles. The van der Waals surface area contributed by atoms with Crippen molar-refractivity contribution in [2.24, 2.45) is 0 Å². The van der Waals surface area contributed by atoms with Crippen LogP contribution in [0.15, 0.2) is 48.5 Å². The Morgan fingerprint density at radius 2 is 1.80 bits per heavy atom. The zero-order valence-corrected chi connectivity index (χ0v) is 16.3. The number of alkyl halides is 3. The zero-order valence-electron chi connectivity index (χ0n) is 15.6. The number of halogens is 4. The van der Waals surface area contributed by atoms with Gasteiger partial charge in [0, 0.05) is 12.1 Å². The highest BCUT2D eigenvalue weighted by molar-refractivity contribution is 6.33. The molecule has 5 nitrogen and oxygen atoms in total. The fourth-order valence-electron chi connectivity index (χ4n) is 3.17. The van der Waals surface area contributed by atoms with Gasteiger partial charge in [-0.15, -0.1) is 16.5 Å². The van der Waals surface area contributed by atoms with Crippen molar-refractivity contribution in [3.05, 3.63) is 81.8 Å². The number of imidazole rings is 1. The Morgan fingerprint density at radius 1 is 1.07 bits per heavy atom. The highest BCUT2D eigenvalue weighted by Gasteiger charge is 2.30. The van der Waals surface area contributed by atoms with Crippen molar-refractivity contribution in [1.29, 1.82) is 0 Å².